The van der Waals surface area contributed by atoms with Crippen molar-refractivity contribution in [3.05, 3.63) is 58.8 Å². The molecule has 1 atom stereocenters. The second-order valence-electron chi connectivity index (χ2n) is 7.94. The van der Waals surface area contributed by atoms with Crippen LogP contribution in [-0.4, -0.2) is 50.1 Å². The maximum Gasteiger partial charge on any atom is 0.335 e. The zero-order chi connectivity index (χ0) is 21.5. The highest BCUT2D eigenvalue weighted by molar-refractivity contribution is 5.95. The minimum atomic E-state index is -0.978. The van der Waals surface area contributed by atoms with Gasteiger partial charge in [-0.3, -0.25) is 4.79 Å². The van der Waals surface area contributed by atoms with E-state index < -0.39 is 5.97 Å². The van der Waals surface area contributed by atoms with Gasteiger partial charge in [-0.05, 0) is 49.6 Å². The number of rotatable bonds is 4. The number of nitrogens with one attached hydrogen (secondary N) is 1. The Hall–Kier alpha value is -3.75. The van der Waals surface area contributed by atoms with E-state index in [0.717, 1.165) is 48.6 Å². The Balaban J connectivity index is 1.52. The summed E-state index contributed by atoms with van der Waals surface area (Å²) < 4.78 is 1.63. The number of carboxylic acids is 1. The molecule has 2 aromatic heterocycles. The van der Waals surface area contributed by atoms with Crippen molar-refractivity contribution in [2.45, 2.75) is 32.1 Å². The molecule has 9 heteroatoms. The lowest BCUT2D eigenvalue weighted by Crippen LogP contribution is -2.25. The van der Waals surface area contributed by atoms with Crippen molar-refractivity contribution in [1.82, 2.24) is 20.0 Å². The van der Waals surface area contributed by atoms with Gasteiger partial charge in [-0.15, -0.1) is 10.2 Å². The first-order chi connectivity index (χ1) is 15.0. The van der Waals surface area contributed by atoms with Crippen LogP contribution in [0.2, 0.25) is 0 Å². The van der Waals surface area contributed by atoms with Gasteiger partial charge in [-0.25, -0.2) is 4.79 Å². The van der Waals surface area contributed by atoms with E-state index >= 15 is 0 Å². The molecule has 2 aliphatic rings. The van der Waals surface area contributed by atoms with Gasteiger partial charge in [-0.2, -0.15) is 9.78 Å². The molecule has 1 unspecified atom stereocenters. The van der Waals surface area contributed by atoms with E-state index in [4.69, 9.17) is 5.11 Å². The third-order valence-electron chi connectivity index (χ3n) is 5.95. The molecule has 0 bridgehead atoms. The number of carbonyl (C=O) groups excluding carboxylic acids is 1. The molecular formula is C22H22N6O3. The Morgan fingerprint density at radius 2 is 1.74 bits per heavy atom. The maximum absolute atomic E-state index is 12.5. The van der Waals surface area contributed by atoms with E-state index in [1.165, 1.54) is 0 Å². The van der Waals surface area contributed by atoms with Gasteiger partial charge < -0.3 is 15.3 Å². The van der Waals surface area contributed by atoms with Crippen LogP contribution in [0.5, 0.6) is 0 Å². The number of fused-ring (bicyclic) bond motifs is 1. The molecule has 1 fully saturated rings. The normalized spacial score (nSPS) is 18.0. The molecule has 1 aromatic carbocycles. The number of hydrogen-bond acceptors (Lipinski definition) is 6. The summed E-state index contributed by atoms with van der Waals surface area (Å²) in [5.74, 6) is 0.659. The lowest BCUT2D eigenvalue weighted by molar-refractivity contribution is -0.116. The van der Waals surface area contributed by atoms with Gasteiger partial charge in [0, 0.05) is 31.0 Å². The Labute approximate surface area is 178 Å². The van der Waals surface area contributed by atoms with Gasteiger partial charge in [0.15, 0.2) is 11.6 Å². The summed E-state index contributed by atoms with van der Waals surface area (Å²) >= 11 is 0. The SMILES string of the molecule is Cc1nn(-c2ccc(N3CCCC3)nn2)c2c1C(c1ccc(C(=O)O)cc1)CC(=O)N2. The Kier molecular flexibility index (Phi) is 4.65. The number of carbonyl (C=O) groups is 2. The predicted octanol–water partition coefficient (Wildman–Crippen LogP) is 2.74. The highest BCUT2D eigenvalue weighted by Gasteiger charge is 2.33. The number of carboxylic acid groups (broad SMARTS) is 1. The van der Waals surface area contributed by atoms with E-state index in [1.54, 1.807) is 28.9 Å². The number of hydrogen-bond donors (Lipinski definition) is 2. The van der Waals surface area contributed by atoms with Crippen LogP contribution in [0.1, 0.15) is 52.4 Å². The minimum absolute atomic E-state index is 0.123. The molecule has 1 saturated heterocycles. The number of benzene rings is 1. The lowest BCUT2D eigenvalue weighted by atomic mass is 9.85. The van der Waals surface area contributed by atoms with Crippen LogP contribution >= 0.6 is 0 Å². The Morgan fingerprint density at radius 1 is 1.06 bits per heavy atom. The van der Waals surface area contributed by atoms with Gasteiger partial charge in [0.05, 0.1) is 11.3 Å². The zero-order valence-electron chi connectivity index (χ0n) is 17.1. The summed E-state index contributed by atoms with van der Waals surface area (Å²) in [6, 6.07) is 10.4. The van der Waals surface area contributed by atoms with E-state index in [1.807, 2.05) is 19.1 Å². The molecule has 9 nitrogen and oxygen atoms in total. The molecule has 2 N–H and O–H groups in total. The Morgan fingerprint density at radius 3 is 2.39 bits per heavy atom. The van der Waals surface area contributed by atoms with Crippen LogP contribution < -0.4 is 10.2 Å². The van der Waals surface area contributed by atoms with Gasteiger partial charge in [0.1, 0.15) is 5.82 Å². The van der Waals surface area contributed by atoms with Crippen LogP contribution in [-0.2, 0) is 4.79 Å². The number of aromatic nitrogens is 4. The average molecular weight is 418 g/mol. The standard InChI is InChI=1S/C22H22N6O3/c1-13-20-16(14-4-6-15(7-5-14)22(30)31)12-19(29)23-21(20)28(26-13)18-9-8-17(24-25-18)27-10-2-3-11-27/h4-9,16H,2-3,10-12H2,1H3,(H,23,29)(H,30,31). The van der Waals surface area contributed by atoms with Crippen molar-refractivity contribution in [3.8, 4) is 5.82 Å². The molecule has 3 aromatic rings. The molecule has 2 aliphatic heterocycles. The summed E-state index contributed by atoms with van der Waals surface area (Å²) in [7, 11) is 0. The average Bonchev–Trinajstić information content (AvgIpc) is 3.42. The quantitative estimate of drug-likeness (QED) is 0.670. The summed E-state index contributed by atoms with van der Waals surface area (Å²) in [5.41, 5.74) is 2.78. The fraction of sp³-hybridized carbons (Fsp3) is 0.318. The summed E-state index contributed by atoms with van der Waals surface area (Å²) in [6.07, 6.45) is 2.60. The second kappa shape index (κ2) is 7.50. The largest absolute Gasteiger partial charge is 0.478 e. The van der Waals surface area contributed by atoms with Gasteiger partial charge >= 0.3 is 5.97 Å². The highest BCUT2D eigenvalue weighted by Crippen LogP contribution is 2.40. The summed E-state index contributed by atoms with van der Waals surface area (Å²) in [5, 5.41) is 25.5. The third kappa shape index (κ3) is 3.41. The number of anilines is 2. The van der Waals surface area contributed by atoms with Gasteiger partial charge in [0.2, 0.25) is 5.91 Å². The van der Waals surface area contributed by atoms with Crippen LogP contribution in [0.4, 0.5) is 11.6 Å². The molecule has 0 aliphatic carbocycles. The van der Waals surface area contributed by atoms with Crippen molar-refractivity contribution in [2.24, 2.45) is 0 Å². The maximum atomic E-state index is 12.5. The van der Waals surface area contributed by atoms with Gasteiger partial charge in [-0.1, -0.05) is 12.1 Å². The first kappa shape index (κ1) is 19.2. The highest BCUT2D eigenvalue weighted by atomic mass is 16.4. The molecular weight excluding hydrogens is 396 g/mol. The minimum Gasteiger partial charge on any atom is -0.478 e. The smallest absolute Gasteiger partial charge is 0.335 e. The zero-order valence-corrected chi connectivity index (χ0v) is 17.1. The number of aryl methyl sites for hydroxylation is 1. The third-order valence-corrected chi connectivity index (χ3v) is 5.95. The first-order valence-corrected chi connectivity index (χ1v) is 10.3. The summed E-state index contributed by atoms with van der Waals surface area (Å²) in [4.78, 5) is 25.9. The van der Waals surface area contributed by atoms with Crippen LogP contribution in [0.3, 0.4) is 0 Å². The second-order valence-corrected chi connectivity index (χ2v) is 7.94. The monoisotopic (exact) mass is 418 g/mol. The predicted molar refractivity (Wildman–Crippen MR) is 114 cm³/mol. The fourth-order valence-corrected chi connectivity index (χ4v) is 4.40. The van der Waals surface area contributed by atoms with E-state index in [9.17, 15) is 9.59 Å². The molecule has 158 valence electrons. The topological polar surface area (TPSA) is 113 Å². The number of amides is 1. The van der Waals surface area contributed by atoms with Crippen molar-refractivity contribution in [3.63, 3.8) is 0 Å². The molecule has 5 rings (SSSR count). The Bertz CT molecular complexity index is 1150. The van der Waals surface area contributed by atoms with Crippen LogP contribution in [0.15, 0.2) is 36.4 Å². The van der Waals surface area contributed by atoms with Crippen molar-refractivity contribution in [2.75, 3.05) is 23.3 Å². The molecule has 4 heterocycles. The first-order valence-electron chi connectivity index (χ1n) is 10.3. The molecule has 0 radical (unpaired) electrons. The van der Waals surface area contributed by atoms with Gasteiger partial charge in [0.25, 0.3) is 0 Å². The van der Waals surface area contributed by atoms with E-state index in [0.29, 0.717) is 11.6 Å². The fourth-order valence-electron chi connectivity index (χ4n) is 4.40. The van der Waals surface area contributed by atoms with Crippen molar-refractivity contribution in [1.29, 1.82) is 0 Å². The molecule has 31 heavy (non-hydrogen) atoms. The number of aromatic carboxylic acids is 1. The number of nitrogens with zero attached hydrogens (tertiary/aromatic N) is 5. The molecule has 0 spiro atoms. The van der Waals surface area contributed by atoms with E-state index in [2.05, 4.69) is 25.5 Å². The summed E-state index contributed by atoms with van der Waals surface area (Å²) in [6.45, 7) is 3.88. The van der Waals surface area contributed by atoms with Crippen molar-refractivity contribution >= 4 is 23.5 Å². The van der Waals surface area contributed by atoms with Crippen LogP contribution in [0, 0.1) is 6.92 Å². The van der Waals surface area contributed by atoms with E-state index in [-0.39, 0.29) is 23.8 Å². The van der Waals surface area contributed by atoms with Crippen molar-refractivity contribution < 1.29 is 14.7 Å². The van der Waals surface area contributed by atoms with Crippen LogP contribution in [0.25, 0.3) is 5.82 Å². The molecule has 1 amide bonds. The lowest BCUT2D eigenvalue weighted by Gasteiger charge is -2.24. The molecule has 0 saturated carbocycles.